The second-order valence-electron chi connectivity index (χ2n) is 13.2. The van der Waals surface area contributed by atoms with Crippen LogP contribution in [0.5, 0.6) is 0 Å². The third kappa shape index (κ3) is 4.57. The van der Waals surface area contributed by atoms with E-state index in [-0.39, 0.29) is 0 Å². The van der Waals surface area contributed by atoms with Crippen LogP contribution in [0.15, 0.2) is 168 Å². The fourth-order valence-corrected chi connectivity index (χ4v) is 8.72. The van der Waals surface area contributed by atoms with Gasteiger partial charge in [-0.1, -0.05) is 115 Å². The van der Waals surface area contributed by atoms with Gasteiger partial charge < -0.3 is 4.42 Å². The van der Waals surface area contributed by atoms with Crippen molar-refractivity contribution in [1.29, 1.82) is 0 Å². The van der Waals surface area contributed by atoms with Crippen LogP contribution in [0.4, 0.5) is 0 Å². The van der Waals surface area contributed by atoms with Crippen LogP contribution in [-0.2, 0) is 0 Å². The van der Waals surface area contributed by atoms with Gasteiger partial charge in [-0.3, -0.25) is 0 Å². The second-order valence-corrected chi connectivity index (χ2v) is 14.3. The van der Waals surface area contributed by atoms with Gasteiger partial charge in [0, 0.05) is 53.0 Å². The van der Waals surface area contributed by atoms with Gasteiger partial charge in [0.05, 0.1) is 0 Å². The molecule has 0 aliphatic heterocycles. The van der Waals surface area contributed by atoms with E-state index in [0.717, 1.165) is 60.2 Å². The first kappa shape index (κ1) is 29.1. The van der Waals surface area contributed by atoms with Gasteiger partial charge in [0.1, 0.15) is 11.2 Å². The highest BCUT2D eigenvalue weighted by Gasteiger charge is 2.19. The van der Waals surface area contributed by atoms with E-state index in [1.54, 1.807) is 0 Å². The molecule has 0 unspecified atom stereocenters. The molecule has 4 nitrogen and oxygen atoms in total. The van der Waals surface area contributed by atoms with Crippen molar-refractivity contribution in [3.63, 3.8) is 0 Å². The average molecular weight is 682 g/mol. The summed E-state index contributed by atoms with van der Waals surface area (Å²) in [6.07, 6.45) is 0. The van der Waals surface area contributed by atoms with Crippen molar-refractivity contribution in [2.75, 3.05) is 0 Å². The molecule has 0 saturated heterocycles. The minimum absolute atomic E-state index is 0.614. The summed E-state index contributed by atoms with van der Waals surface area (Å²) < 4.78 is 9.11. The zero-order valence-electron chi connectivity index (χ0n) is 27.7. The van der Waals surface area contributed by atoms with Crippen molar-refractivity contribution in [3.8, 4) is 45.3 Å². The minimum atomic E-state index is 0.614. The molecule has 0 atom stereocenters. The van der Waals surface area contributed by atoms with E-state index in [1.165, 1.54) is 31.3 Å². The fourth-order valence-electron chi connectivity index (χ4n) is 7.63. The number of hydrogen-bond donors (Lipinski definition) is 0. The summed E-state index contributed by atoms with van der Waals surface area (Å²) in [6, 6.07) is 57.4. The number of rotatable bonds is 4. The molecular formula is C47H27N3OS. The van der Waals surface area contributed by atoms with Gasteiger partial charge in [0.15, 0.2) is 17.5 Å². The third-order valence-corrected chi connectivity index (χ3v) is 11.3. The van der Waals surface area contributed by atoms with Crippen molar-refractivity contribution >= 4 is 75.0 Å². The Balaban J connectivity index is 1.15. The molecular weight excluding hydrogens is 655 g/mol. The summed E-state index contributed by atoms with van der Waals surface area (Å²) in [7, 11) is 0. The monoisotopic (exact) mass is 681 g/mol. The van der Waals surface area contributed by atoms with Gasteiger partial charge in [0.25, 0.3) is 0 Å². The molecule has 0 N–H and O–H groups in total. The van der Waals surface area contributed by atoms with Crippen molar-refractivity contribution in [2.45, 2.75) is 0 Å². The molecule has 0 bridgehead atoms. The van der Waals surface area contributed by atoms with Crippen LogP contribution in [0.25, 0.3) is 109 Å². The van der Waals surface area contributed by atoms with E-state index in [2.05, 4.69) is 158 Å². The first-order valence-corrected chi connectivity index (χ1v) is 18.2. The van der Waals surface area contributed by atoms with E-state index >= 15 is 0 Å². The standard InChI is InChI=1S/C47H27N3OS/c1-2-11-29(12-3-1)37-27-40-38-25-30(21-23-41(38)51-44(40)35-18-7-6-16-33(35)37)45-48-46(31-22-24-43-39(26-31)34-17-8-9-20-42(34)52-43)50-47(49-45)36-19-10-14-28-13-4-5-15-32(28)36/h1-27H. The summed E-state index contributed by atoms with van der Waals surface area (Å²) in [5, 5.41) is 9.04. The molecule has 11 aromatic rings. The summed E-state index contributed by atoms with van der Waals surface area (Å²) in [5.41, 5.74) is 6.88. The molecule has 0 aliphatic carbocycles. The number of aromatic nitrogens is 3. The van der Waals surface area contributed by atoms with Gasteiger partial charge in [-0.25, -0.2) is 15.0 Å². The lowest BCUT2D eigenvalue weighted by molar-refractivity contribution is 0.672. The Morgan fingerprint density at radius 3 is 1.85 bits per heavy atom. The van der Waals surface area contributed by atoms with Crippen LogP contribution >= 0.6 is 11.3 Å². The van der Waals surface area contributed by atoms with Crippen LogP contribution in [0.1, 0.15) is 0 Å². The molecule has 3 heterocycles. The zero-order chi connectivity index (χ0) is 34.2. The van der Waals surface area contributed by atoms with E-state index in [1.807, 2.05) is 17.4 Å². The lowest BCUT2D eigenvalue weighted by atomic mass is 9.95. The van der Waals surface area contributed by atoms with E-state index in [9.17, 15) is 0 Å². The molecule has 3 aromatic heterocycles. The molecule has 0 fully saturated rings. The summed E-state index contributed by atoms with van der Waals surface area (Å²) in [4.78, 5) is 15.5. The Kier molecular flexibility index (Phi) is 6.39. The highest BCUT2D eigenvalue weighted by atomic mass is 32.1. The lowest BCUT2D eigenvalue weighted by Crippen LogP contribution is -2.00. The van der Waals surface area contributed by atoms with E-state index in [4.69, 9.17) is 19.4 Å². The predicted molar refractivity (Wildman–Crippen MR) is 217 cm³/mol. The minimum Gasteiger partial charge on any atom is -0.455 e. The quantitative estimate of drug-likeness (QED) is 0.185. The first-order valence-electron chi connectivity index (χ1n) is 17.3. The van der Waals surface area contributed by atoms with Gasteiger partial charge in [-0.2, -0.15) is 0 Å². The largest absolute Gasteiger partial charge is 0.455 e. The van der Waals surface area contributed by atoms with Gasteiger partial charge in [-0.15, -0.1) is 11.3 Å². The maximum Gasteiger partial charge on any atom is 0.164 e. The molecule has 0 radical (unpaired) electrons. The summed E-state index contributed by atoms with van der Waals surface area (Å²) >= 11 is 1.81. The fraction of sp³-hybridized carbons (Fsp3) is 0. The molecule has 242 valence electrons. The summed E-state index contributed by atoms with van der Waals surface area (Å²) in [6.45, 7) is 0. The Morgan fingerprint density at radius 1 is 0.365 bits per heavy atom. The Labute approximate surface area is 302 Å². The maximum atomic E-state index is 6.60. The molecule has 0 saturated carbocycles. The molecule has 5 heteroatoms. The van der Waals surface area contributed by atoms with Crippen LogP contribution in [0, 0.1) is 0 Å². The highest BCUT2D eigenvalue weighted by Crippen LogP contribution is 2.41. The summed E-state index contributed by atoms with van der Waals surface area (Å²) in [5.74, 6) is 1.89. The topological polar surface area (TPSA) is 51.8 Å². The van der Waals surface area contributed by atoms with Crippen molar-refractivity contribution in [1.82, 2.24) is 15.0 Å². The third-order valence-electron chi connectivity index (χ3n) is 10.1. The van der Waals surface area contributed by atoms with Crippen LogP contribution < -0.4 is 0 Å². The van der Waals surface area contributed by atoms with Crippen LogP contribution in [-0.4, -0.2) is 15.0 Å². The SMILES string of the molecule is c1ccc(-c2cc3c4cc(-c5nc(-c6ccc7sc8ccccc8c7c6)nc(-c6cccc7ccccc67)n5)ccc4oc3c3ccccc23)cc1. The predicted octanol–water partition coefficient (Wildman–Crippen LogP) is 13.1. The Morgan fingerprint density at radius 2 is 1.00 bits per heavy atom. The molecule has 8 aromatic carbocycles. The second kappa shape index (κ2) is 11.4. The van der Waals surface area contributed by atoms with Crippen LogP contribution in [0.3, 0.4) is 0 Å². The number of thiophene rings is 1. The first-order chi connectivity index (χ1) is 25.7. The number of fused-ring (bicyclic) bond motifs is 9. The number of hydrogen-bond acceptors (Lipinski definition) is 5. The highest BCUT2D eigenvalue weighted by molar-refractivity contribution is 7.25. The Hall–Kier alpha value is -6.69. The van der Waals surface area contributed by atoms with Crippen molar-refractivity contribution < 1.29 is 4.42 Å². The normalized spacial score (nSPS) is 11.8. The Bertz CT molecular complexity index is 3190. The smallest absolute Gasteiger partial charge is 0.164 e. The number of nitrogens with zero attached hydrogens (tertiary/aromatic N) is 3. The van der Waals surface area contributed by atoms with Gasteiger partial charge in [0.2, 0.25) is 0 Å². The lowest BCUT2D eigenvalue weighted by Gasteiger charge is -2.11. The number of benzene rings is 8. The molecule has 0 aliphatic rings. The van der Waals surface area contributed by atoms with Gasteiger partial charge >= 0.3 is 0 Å². The van der Waals surface area contributed by atoms with Gasteiger partial charge in [-0.05, 0) is 75.8 Å². The molecule has 11 rings (SSSR count). The zero-order valence-corrected chi connectivity index (χ0v) is 28.6. The maximum absolute atomic E-state index is 6.60. The van der Waals surface area contributed by atoms with E-state index < -0.39 is 0 Å². The average Bonchev–Trinajstić information content (AvgIpc) is 3.78. The van der Waals surface area contributed by atoms with Crippen molar-refractivity contribution in [2.24, 2.45) is 0 Å². The molecule has 52 heavy (non-hydrogen) atoms. The van der Waals surface area contributed by atoms with Crippen molar-refractivity contribution in [3.05, 3.63) is 164 Å². The molecule has 0 amide bonds. The van der Waals surface area contributed by atoms with Crippen LogP contribution in [0.2, 0.25) is 0 Å². The van der Waals surface area contributed by atoms with E-state index in [0.29, 0.717) is 17.5 Å². The molecule has 0 spiro atoms. The number of furan rings is 1.